The fourth-order valence-corrected chi connectivity index (χ4v) is 6.13. The second kappa shape index (κ2) is 14.0. The van der Waals surface area contributed by atoms with Crippen molar-refractivity contribution in [3.05, 3.63) is 107 Å². The van der Waals surface area contributed by atoms with E-state index in [0.717, 1.165) is 34.7 Å². The van der Waals surface area contributed by atoms with Gasteiger partial charge in [0.2, 0.25) is 5.88 Å². The van der Waals surface area contributed by atoms with E-state index in [2.05, 4.69) is 24.7 Å². The summed E-state index contributed by atoms with van der Waals surface area (Å²) in [5, 5.41) is 3.47. The fraction of sp³-hybridized carbons (Fsp3) is 0.250. The SMILES string of the molecule is Cc1cc(C(F)(F)F)ccc1C(=O)Nc1ccc(Oc2ccc3cc(C(=O)N4CCN(Cc5ccc6c(c5)OC(F)(F)O6)CC4)n(C)c3c2)nc1.Cl. The molecule has 1 fully saturated rings. The van der Waals surface area contributed by atoms with E-state index in [-0.39, 0.29) is 46.8 Å². The first kappa shape index (κ1) is 36.4. The summed E-state index contributed by atoms with van der Waals surface area (Å²) in [6.45, 7) is 4.12. The van der Waals surface area contributed by atoms with E-state index in [1.165, 1.54) is 19.2 Å². The van der Waals surface area contributed by atoms with Gasteiger partial charge in [-0.05, 0) is 72.6 Å². The van der Waals surface area contributed by atoms with E-state index in [1.54, 1.807) is 52.9 Å². The Kier molecular flexibility index (Phi) is 9.77. The number of carbonyl (C=O) groups is 2. The number of benzene rings is 3. The van der Waals surface area contributed by atoms with E-state index in [4.69, 9.17) is 4.74 Å². The molecular formula is C36H31ClF5N5O5. The minimum Gasteiger partial charge on any atom is -0.439 e. The lowest BCUT2D eigenvalue weighted by Crippen LogP contribution is -2.48. The van der Waals surface area contributed by atoms with E-state index < -0.39 is 23.9 Å². The van der Waals surface area contributed by atoms with Crippen LogP contribution in [0.25, 0.3) is 10.9 Å². The molecule has 0 saturated carbocycles. The number of aromatic nitrogens is 2. The smallest absolute Gasteiger partial charge is 0.439 e. The number of amides is 2. The molecule has 5 aromatic rings. The van der Waals surface area contributed by atoms with Crippen LogP contribution in [0.2, 0.25) is 0 Å². The standard InChI is InChI=1S/C36H30F5N5O5.ClH/c1-21-15-24(35(37,38)39)5-8-27(21)33(47)43-25-6-10-32(42-19-25)49-26-7-4-23-17-29(44(2)28(23)18-26)34(48)46-13-11-45(12-14-46)20-22-3-9-30-31(16-22)51-36(40,41)50-30;/h3-10,15-19H,11-14,20H2,1-2H3,(H,43,47);1H. The first-order valence-electron chi connectivity index (χ1n) is 15.9. The highest BCUT2D eigenvalue weighted by Gasteiger charge is 2.43. The molecule has 2 aliphatic rings. The second-order valence-electron chi connectivity index (χ2n) is 12.3. The highest BCUT2D eigenvalue weighted by Crippen LogP contribution is 2.41. The molecule has 1 saturated heterocycles. The number of aryl methyl sites for hydroxylation is 2. The molecule has 0 radical (unpaired) electrons. The number of anilines is 1. The number of fused-ring (bicyclic) bond motifs is 2. The average molecular weight is 744 g/mol. The number of piperazine rings is 1. The van der Waals surface area contributed by atoms with Crippen LogP contribution in [0.1, 0.15) is 37.5 Å². The molecule has 2 aromatic heterocycles. The predicted octanol–water partition coefficient (Wildman–Crippen LogP) is 7.65. The molecule has 2 aliphatic heterocycles. The van der Waals surface area contributed by atoms with E-state index >= 15 is 0 Å². The van der Waals surface area contributed by atoms with Crippen LogP contribution in [0.4, 0.5) is 27.6 Å². The largest absolute Gasteiger partial charge is 0.586 e. The van der Waals surface area contributed by atoms with Gasteiger partial charge in [-0.2, -0.15) is 13.2 Å². The van der Waals surface area contributed by atoms with E-state index in [1.807, 2.05) is 12.1 Å². The molecule has 16 heteroatoms. The molecule has 7 rings (SSSR count). The molecule has 0 aliphatic carbocycles. The van der Waals surface area contributed by atoms with Gasteiger partial charge < -0.3 is 29.0 Å². The second-order valence-corrected chi connectivity index (χ2v) is 12.3. The van der Waals surface area contributed by atoms with Crippen molar-refractivity contribution in [1.82, 2.24) is 19.4 Å². The summed E-state index contributed by atoms with van der Waals surface area (Å²) in [6, 6.07) is 18.0. The molecule has 0 spiro atoms. The lowest BCUT2D eigenvalue weighted by Gasteiger charge is -2.34. The van der Waals surface area contributed by atoms with Crippen LogP contribution in [0.5, 0.6) is 23.1 Å². The minimum absolute atomic E-state index is 0. The highest BCUT2D eigenvalue weighted by molar-refractivity contribution is 6.05. The number of nitrogens with one attached hydrogen (secondary N) is 1. The van der Waals surface area contributed by atoms with Gasteiger partial charge in [0.15, 0.2) is 11.5 Å². The zero-order valence-corrected chi connectivity index (χ0v) is 28.5. The number of ether oxygens (including phenoxy) is 3. The van der Waals surface area contributed by atoms with Crippen LogP contribution >= 0.6 is 12.4 Å². The quantitative estimate of drug-likeness (QED) is 0.171. The van der Waals surface area contributed by atoms with Gasteiger partial charge in [-0.25, -0.2) is 4.98 Å². The van der Waals surface area contributed by atoms with E-state index in [0.29, 0.717) is 49.9 Å². The van der Waals surface area contributed by atoms with Gasteiger partial charge in [0, 0.05) is 62.9 Å². The van der Waals surface area contributed by atoms with Crippen LogP contribution in [0.15, 0.2) is 79.0 Å². The first-order valence-corrected chi connectivity index (χ1v) is 15.9. The van der Waals surface area contributed by atoms with Crippen molar-refractivity contribution in [3.63, 3.8) is 0 Å². The number of halogens is 6. The number of rotatable bonds is 7. The molecular weight excluding hydrogens is 713 g/mol. The van der Waals surface area contributed by atoms with Crippen molar-refractivity contribution < 1.29 is 45.8 Å². The Bertz CT molecular complexity index is 2150. The molecule has 10 nitrogen and oxygen atoms in total. The molecule has 0 bridgehead atoms. The maximum Gasteiger partial charge on any atom is 0.586 e. The van der Waals surface area contributed by atoms with Crippen molar-refractivity contribution in [2.45, 2.75) is 25.9 Å². The van der Waals surface area contributed by atoms with Crippen LogP contribution in [0.3, 0.4) is 0 Å². The van der Waals surface area contributed by atoms with Crippen LogP contribution in [-0.4, -0.2) is 63.6 Å². The monoisotopic (exact) mass is 743 g/mol. The van der Waals surface area contributed by atoms with Gasteiger partial charge in [0.1, 0.15) is 11.4 Å². The Morgan fingerprint density at radius 1 is 0.923 bits per heavy atom. The van der Waals surface area contributed by atoms with Crippen LogP contribution < -0.4 is 19.5 Å². The van der Waals surface area contributed by atoms with Crippen molar-refractivity contribution >= 4 is 40.8 Å². The zero-order valence-electron chi connectivity index (χ0n) is 27.7. The zero-order chi connectivity index (χ0) is 36.1. The number of nitrogens with zero attached hydrogens (tertiary/aromatic N) is 4. The summed E-state index contributed by atoms with van der Waals surface area (Å²) >= 11 is 0. The van der Waals surface area contributed by atoms with E-state index in [9.17, 15) is 31.5 Å². The molecule has 0 atom stereocenters. The number of hydrogen-bond acceptors (Lipinski definition) is 7. The maximum absolute atomic E-state index is 13.6. The van der Waals surface area contributed by atoms with Gasteiger partial charge in [0.25, 0.3) is 11.8 Å². The normalized spacial score (nSPS) is 15.3. The van der Waals surface area contributed by atoms with Crippen molar-refractivity contribution in [2.24, 2.45) is 7.05 Å². The predicted molar refractivity (Wildman–Crippen MR) is 182 cm³/mol. The number of pyridine rings is 1. The van der Waals surface area contributed by atoms with Crippen molar-refractivity contribution in [1.29, 1.82) is 0 Å². The van der Waals surface area contributed by atoms with Gasteiger partial charge in [-0.15, -0.1) is 21.2 Å². The summed E-state index contributed by atoms with van der Waals surface area (Å²) in [5.74, 6) is 0.0124. The number of carbonyl (C=O) groups excluding carboxylic acids is 2. The topological polar surface area (TPSA) is 98.2 Å². The summed E-state index contributed by atoms with van der Waals surface area (Å²) in [6.07, 6.45) is -6.79. The first-order chi connectivity index (χ1) is 24.2. The van der Waals surface area contributed by atoms with Crippen LogP contribution in [0, 0.1) is 6.92 Å². The molecule has 0 unspecified atom stereocenters. The summed E-state index contributed by atoms with van der Waals surface area (Å²) in [5.41, 5.74) is 1.86. The summed E-state index contributed by atoms with van der Waals surface area (Å²) in [4.78, 5) is 34.4. The lowest BCUT2D eigenvalue weighted by molar-refractivity contribution is -0.286. The number of hydrogen-bond donors (Lipinski definition) is 1. The van der Waals surface area contributed by atoms with Gasteiger partial charge >= 0.3 is 12.5 Å². The molecule has 4 heterocycles. The molecule has 52 heavy (non-hydrogen) atoms. The minimum atomic E-state index is -4.50. The third-order valence-electron chi connectivity index (χ3n) is 8.78. The van der Waals surface area contributed by atoms with Gasteiger partial charge in [-0.1, -0.05) is 6.07 Å². The Hall–Kier alpha value is -5.41. The number of alkyl halides is 5. The van der Waals surface area contributed by atoms with Crippen molar-refractivity contribution in [2.75, 3.05) is 31.5 Å². The molecule has 1 N–H and O–H groups in total. The maximum atomic E-state index is 13.6. The Balaban J connectivity index is 0.00000464. The Morgan fingerprint density at radius 2 is 1.67 bits per heavy atom. The Morgan fingerprint density at radius 3 is 2.37 bits per heavy atom. The average Bonchev–Trinajstić information content (AvgIpc) is 3.58. The third-order valence-corrected chi connectivity index (χ3v) is 8.78. The molecule has 3 aromatic carbocycles. The Labute approximate surface area is 300 Å². The van der Waals surface area contributed by atoms with Crippen molar-refractivity contribution in [3.8, 4) is 23.1 Å². The lowest BCUT2D eigenvalue weighted by atomic mass is 10.0. The molecule has 2 amide bonds. The molecule has 272 valence electrons. The van der Waals surface area contributed by atoms with Gasteiger partial charge in [-0.3, -0.25) is 14.5 Å². The van der Waals surface area contributed by atoms with Crippen LogP contribution in [-0.2, 0) is 19.8 Å². The fourth-order valence-electron chi connectivity index (χ4n) is 6.13. The summed E-state index contributed by atoms with van der Waals surface area (Å²) < 4.78 is 82.5. The summed E-state index contributed by atoms with van der Waals surface area (Å²) in [7, 11) is 1.80. The highest BCUT2D eigenvalue weighted by atomic mass is 35.5. The third kappa shape index (κ3) is 7.60. The van der Waals surface area contributed by atoms with Gasteiger partial charge in [0.05, 0.1) is 23.0 Å².